The molecular weight excluding hydrogens is 230 g/mol. The molecule has 2 rings (SSSR count). The van der Waals surface area contributed by atoms with Crippen molar-refractivity contribution in [1.82, 2.24) is 14.8 Å². The molecule has 0 fully saturated rings. The summed E-state index contributed by atoms with van der Waals surface area (Å²) in [5.74, 6) is 0.905. The average molecular weight is 245 g/mol. The Hall–Kier alpha value is -2.17. The number of carbonyl (C=O) groups is 1. The molecule has 2 aromatic rings. The van der Waals surface area contributed by atoms with Crippen molar-refractivity contribution in [2.75, 3.05) is 0 Å². The third kappa shape index (κ3) is 2.25. The number of rotatable bonds is 3. The summed E-state index contributed by atoms with van der Waals surface area (Å²) in [6, 6.07) is 6.62. The molecule has 5 heteroatoms. The highest BCUT2D eigenvalue weighted by Gasteiger charge is 2.13. The number of carboxylic acids is 1. The van der Waals surface area contributed by atoms with Gasteiger partial charge in [-0.1, -0.05) is 13.8 Å². The van der Waals surface area contributed by atoms with E-state index in [9.17, 15) is 4.79 Å². The monoisotopic (exact) mass is 245 g/mol. The van der Waals surface area contributed by atoms with Crippen LogP contribution in [-0.4, -0.2) is 25.8 Å². The lowest BCUT2D eigenvalue weighted by Crippen LogP contribution is -2.05. The topological polar surface area (TPSA) is 68.0 Å². The smallest absolute Gasteiger partial charge is 0.335 e. The van der Waals surface area contributed by atoms with Gasteiger partial charge >= 0.3 is 5.97 Å². The Morgan fingerprint density at radius 2 is 1.89 bits per heavy atom. The quantitative estimate of drug-likeness (QED) is 0.901. The number of benzene rings is 1. The van der Waals surface area contributed by atoms with Gasteiger partial charge in [0.15, 0.2) is 0 Å². The minimum absolute atomic E-state index is 0.255. The zero-order valence-electron chi connectivity index (χ0n) is 10.6. The van der Waals surface area contributed by atoms with Crippen LogP contribution in [-0.2, 0) is 0 Å². The number of aromatic carboxylic acids is 1. The first-order valence-electron chi connectivity index (χ1n) is 5.76. The maximum atomic E-state index is 10.8. The predicted octanol–water partition coefficient (Wildman–Crippen LogP) is 2.40. The van der Waals surface area contributed by atoms with Crippen LogP contribution in [0.5, 0.6) is 0 Å². The van der Waals surface area contributed by atoms with Gasteiger partial charge in [-0.3, -0.25) is 0 Å². The third-order valence-corrected chi connectivity index (χ3v) is 2.61. The van der Waals surface area contributed by atoms with Crippen LogP contribution < -0.4 is 0 Å². The van der Waals surface area contributed by atoms with E-state index in [2.05, 4.69) is 10.1 Å². The molecular formula is C13H15N3O2. The highest BCUT2D eigenvalue weighted by molar-refractivity contribution is 5.87. The second-order valence-electron chi connectivity index (χ2n) is 4.44. The first-order valence-corrected chi connectivity index (χ1v) is 5.76. The van der Waals surface area contributed by atoms with Crippen molar-refractivity contribution in [2.24, 2.45) is 0 Å². The average Bonchev–Trinajstić information content (AvgIpc) is 2.71. The van der Waals surface area contributed by atoms with Gasteiger partial charge in [0.25, 0.3) is 0 Å². The Bertz CT molecular complexity index is 570. The summed E-state index contributed by atoms with van der Waals surface area (Å²) in [5, 5.41) is 13.2. The van der Waals surface area contributed by atoms with Crippen LogP contribution in [0.1, 0.15) is 41.8 Å². The van der Waals surface area contributed by atoms with Gasteiger partial charge in [0.2, 0.25) is 0 Å². The summed E-state index contributed by atoms with van der Waals surface area (Å²) in [4.78, 5) is 15.2. The number of carboxylic acid groups (broad SMARTS) is 1. The highest BCUT2D eigenvalue weighted by atomic mass is 16.4. The molecule has 0 unspecified atom stereocenters. The molecule has 18 heavy (non-hydrogen) atoms. The van der Waals surface area contributed by atoms with Crippen LogP contribution in [0.25, 0.3) is 5.69 Å². The van der Waals surface area contributed by atoms with Gasteiger partial charge in [0.1, 0.15) is 11.6 Å². The van der Waals surface area contributed by atoms with E-state index < -0.39 is 5.97 Å². The normalized spacial score (nSPS) is 10.9. The number of aryl methyl sites for hydroxylation is 1. The third-order valence-electron chi connectivity index (χ3n) is 2.61. The Labute approximate surface area is 105 Å². The first-order chi connectivity index (χ1) is 8.49. The van der Waals surface area contributed by atoms with Gasteiger partial charge in [-0.05, 0) is 31.2 Å². The second-order valence-corrected chi connectivity index (χ2v) is 4.44. The fourth-order valence-electron chi connectivity index (χ4n) is 1.74. The highest BCUT2D eigenvalue weighted by Crippen LogP contribution is 2.17. The zero-order chi connectivity index (χ0) is 13.3. The second kappa shape index (κ2) is 4.60. The number of hydrogen-bond donors (Lipinski definition) is 1. The van der Waals surface area contributed by atoms with E-state index in [-0.39, 0.29) is 11.5 Å². The molecule has 1 aromatic heterocycles. The fraction of sp³-hybridized carbons (Fsp3) is 0.308. The SMILES string of the molecule is Cc1nc(C(C)C)n(-c2ccc(C(=O)O)cc2)n1. The summed E-state index contributed by atoms with van der Waals surface area (Å²) < 4.78 is 1.76. The summed E-state index contributed by atoms with van der Waals surface area (Å²) >= 11 is 0. The molecule has 94 valence electrons. The maximum absolute atomic E-state index is 10.8. The molecule has 0 aliphatic carbocycles. The molecule has 1 N–H and O–H groups in total. The van der Waals surface area contributed by atoms with Gasteiger partial charge in [0, 0.05) is 5.92 Å². The molecule has 1 aromatic carbocycles. The number of hydrogen-bond acceptors (Lipinski definition) is 3. The molecule has 0 saturated carbocycles. The van der Waals surface area contributed by atoms with Crippen molar-refractivity contribution in [3.63, 3.8) is 0 Å². The fourth-order valence-corrected chi connectivity index (χ4v) is 1.74. The van der Waals surface area contributed by atoms with Gasteiger partial charge in [0.05, 0.1) is 11.3 Å². The van der Waals surface area contributed by atoms with Crippen molar-refractivity contribution in [3.8, 4) is 5.69 Å². The lowest BCUT2D eigenvalue weighted by molar-refractivity contribution is 0.0697. The van der Waals surface area contributed by atoms with Crippen LogP contribution in [0.3, 0.4) is 0 Å². The minimum atomic E-state index is -0.930. The van der Waals surface area contributed by atoms with E-state index in [1.165, 1.54) is 0 Å². The molecule has 0 atom stereocenters. The molecule has 0 spiro atoms. The van der Waals surface area contributed by atoms with Gasteiger partial charge in [-0.25, -0.2) is 14.5 Å². The molecule has 0 saturated heterocycles. The summed E-state index contributed by atoms with van der Waals surface area (Å²) in [6.07, 6.45) is 0. The summed E-state index contributed by atoms with van der Waals surface area (Å²) in [7, 11) is 0. The van der Waals surface area contributed by atoms with E-state index in [0.717, 1.165) is 11.5 Å². The van der Waals surface area contributed by atoms with Crippen molar-refractivity contribution in [1.29, 1.82) is 0 Å². The van der Waals surface area contributed by atoms with Crippen LogP contribution in [0.2, 0.25) is 0 Å². The van der Waals surface area contributed by atoms with Crippen molar-refractivity contribution in [3.05, 3.63) is 41.5 Å². The van der Waals surface area contributed by atoms with Crippen LogP contribution >= 0.6 is 0 Å². The van der Waals surface area contributed by atoms with Crippen LogP contribution in [0.15, 0.2) is 24.3 Å². The Morgan fingerprint density at radius 3 is 2.39 bits per heavy atom. The lowest BCUT2D eigenvalue weighted by Gasteiger charge is -2.08. The Kier molecular flexibility index (Phi) is 3.14. The molecule has 0 aliphatic heterocycles. The lowest BCUT2D eigenvalue weighted by atomic mass is 10.2. The molecule has 0 radical (unpaired) electrons. The zero-order valence-corrected chi connectivity index (χ0v) is 10.6. The van der Waals surface area contributed by atoms with Crippen molar-refractivity contribution >= 4 is 5.97 Å². The van der Waals surface area contributed by atoms with Gasteiger partial charge < -0.3 is 5.11 Å². The molecule has 5 nitrogen and oxygen atoms in total. The molecule has 1 heterocycles. The summed E-state index contributed by atoms with van der Waals surface area (Å²) in [6.45, 7) is 5.94. The van der Waals surface area contributed by atoms with Gasteiger partial charge in [-0.2, -0.15) is 5.10 Å². The summed E-state index contributed by atoms with van der Waals surface area (Å²) in [5.41, 5.74) is 1.09. The van der Waals surface area contributed by atoms with E-state index in [1.54, 1.807) is 28.9 Å². The molecule has 0 amide bonds. The van der Waals surface area contributed by atoms with E-state index in [4.69, 9.17) is 5.11 Å². The Morgan fingerprint density at radius 1 is 1.28 bits per heavy atom. The van der Waals surface area contributed by atoms with E-state index >= 15 is 0 Å². The maximum Gasteiger partial charge on any atom is 0.335 e. The predicted molar refractivity (Wildman–Crippen MR) is 67.1 cm³/mol. The molecule has 0 bridgehead atoms. The van der Waals surface area contributed by atoms with E-state index in [1.807, 2.05) is 20.8 Å². The first kappa shape index (κ1) is 12.3. The van der Waals surface area contributed by atoms with E-state index in [0.29, 0.717) is 5.82 Å². The van der Waals surface area contributed by atoms with Gasteiger partial charge in [-0.15, -0.1) is 0 Å². The van der Waals surface area contributed by atoms with Crippen molar-refractivity contribution < 1.29 is 9.90 Å². The number of nitrogens with zero attached hydrogens (tertiary/aromatic N) is 3. The standard InChI is InChI=1S/C13H15N3O2/c1-8(2)12-14-9(3)15-16(12)11-6-4-10(5-7-11)13(17)18/h4-8H,1-3H3,(H,17,18). The largest absolute Gasteiger partial charge is 0.478 e. The minimum Gasteiger partial charge on any atom is -0.478 e. The molecule has 0 aliphatic rings. The van der Waals surface area contributed by atoms with Crippen LogP contribution in [0, 0.1) is 6.92 Å². The number of aromatic nitrogens is 3. The van der Waals surface area contributed by atoms with Crippen LogP contribution in [0.4, 0.5) is 0 Å². The Balaban J connectivity index is 2.45. The van der Waals surface area contributed by atoms with Crippen molar-refractivity contribution in [2.45, 2.75) is 26.7 Å².